The third-order valence-corrected chi connectivity index (χ3v) is 8.26. The number of alkyl halides is 3. The fourth-order valence-electron chi connectivity index (χ4n) is 3.93. The zero-order valence-corrected chi connectivity index (χ0v) is 23.6. The topological polar surface area (TPSA) is 86.8 Å². The molecule has 0 saturated heterocycles. The lowest BCUT2D eigenvalue weighted by Gasteiger charge is -2.32. The van der Waals surface area contributed by atoms with Gasteiger partial charge in [-0.05, 0) is 56.7 Å². The summed E-state index contributed by atoms with van der Waals surface area (Å²) in [6, 6.07) is 15.8. The number of carbonyl (C=O) groups excluding carboxylic acids is 2. The van der Waals surface area contributed by atoms with E-state index < -0.39 is 56.9 Å². The number of nitrogens with one attached hydrogen (secondary N) is 1. The van der Waals surface area contributed by atoms with Crippen LogP contribution in [-0.4, -0.2) is 44.3 Å². The Morgan fingerprint density at radius 3 is 2.20 bits per heavy atom. The molecule has 0 radical (unpaired) electrons. The van der Waals surface area contributed by atoms with E-state index in [9.17, 15) is 31.2 Å². The van der Waals surface area contributed by atoms with E-state index >= 15 is 0 Å². The number of sulfonamides is 1. The molecule has 214 valence electrons. The van der Waals surface area contributed by atoms with Crippen molar-refractivity contribution in [3.63, 3.8) is 0 Å². The molecule has 0 unspecified atom stereocenters. The summed E-state index contributed by atoms with van der Waals surface area (Å²) in [5.41, 5.74) is -0.00499. The molecule has 0 aliphatic carbocycles. The molecule has 0 aliphatic heterocycles. The Labute approximate surface area is 236 Å². The van der Waals surface area contributed by atoms with Gasteiger partial charge in [-0.15, -0.1) is 0 Å². The third kappa shape index (κ3) is 7.33. The first kappa shape index (κ1) is 31.0. The molecular formula is C28H29ClF3N3O4S. The number of nitrogens with zero attached hydrogens (tertiary/aromatic N) is 2. The molecule has 0 aromatic heterocycles. The van der Waals surface area contributed by atoms with Crippen LogP contribution >= 0.6 is 11.6 Å². The van der Waals surface area contributed by atoms with Crippen molar-refractivity contribution in [2.75, 3.05) is 17.4 Å². The van der Waals surface area contributed by atoms with Gasteiger partial charge in [-0.3, -0.25) is 13.9 Å². The fraction of sp³-hybridized carbons (Fsp3) is 0.286. The number of hydrogen-bond donors (Lipinski definition) is 1. The molecule has 40 heavy (non-hydrogen) atoms. The molecule has 3 aromatic rings. The van der Waals surface area contributed by atoms with Crippen molar-refractivity contribution in [1.29, 1.82) is 0 Å². The Bertz CT molecular complexity index is 1450. The third-order valence-electron chi connectivity index (χ3n) is 6.15. The minimum absolute atomic E-state index is 0.0366. The normalized spacial score (nSPS) is 12.5. The highest BCUT2D eigenvalue weighted by Gasteiger charge is 2.36. The quantitative estimate of drug-likeness (QED) is 0.339. The largest absolute Gasteiger partial charge is 0.417 e. The molecule has 1 atom stereocenters. The lowest BCUT2D eigenvalue weighted by Crippen LogP contribution is -2.51. The van der Waals surface area contributed by atoms with Crippen LogP contribution in [0.25, 0.3) is 0 Å². The number of amides is 2. The fourth-order valence-corrected chi connectivity index (χ4v) is 5.58. The van der Waals surface area contributed by atoms with Gasteiger partial charge < -0.3 is 10.2 Å². The summed E-state index contributed by atoms with van der Waals surface area (Å²) in [6.45, 7) is 4.49. The number of hydrogen-bond acceptors (Lipinski definition) is 4. The molecule has 7 nitrogen and oxygen atoms in total. The number of rotatable bonds is 10. The van der Waals surface area contributed by atoms with Crippen LogP contribution in [0.5, 0.6) is 0 Å². The van der Waals surface area contributed by atoms with Crippen LogP contribution in [-0.2, 0) is 32.3 Å². The lowest BCUT2D eigenvalue weighted by atomic mass is 10.1. The van der Waals surface area contributed by atoms with Crippen molar-refractivity contribution in [2.24, 2.45) is 0 Å². The second-order valence-corrected chi connectivity index (χ2v) is 11.3. The van der Waals surface area contributed by atoms with Gasteiger partial charge in [0.25, 0.3) is 10.0 Å². The molecule has 0 fully saturated rings. The predicted octanol–water partition coefficient (Wildman–Crippen LogP) is 5.42. The van der Waals surface area contributed by atoms with Gasteiger partial charge >= 0.3 is 6.18 Å². The van der Waals surface area contributed by atoms with Crippen molar-refractivity contribution in [3.8, 4) is 0 Å². The summed E-state index contributed by atoms with van der Waals surface area (Å²) in [5, 5.41) is 2.02. The summed E-state index contributed by atoms with van der Waals surface area (Å²) in [6.07, 6.45) is -4.87. The van der Waals surface area contributed by atoms with Gasteiger partial charge in [0.1, 0.15) is 12.6 Å². The maximum absolute atomic E-state index is 13.8. The van der Waals surface area contributed by atoms with Crippen LogP contribution < -0.4 is 9.62 Å². The summed E-state index contributed by atoms with van der Waals surface area (Å²) in [4.78, 5) is 27.5. The zero-order valence-electron chi connectivity index (χ0n) is 22.1. The second-order valence-electron chi connectivity index (χ2n) is 9.06. The Hall–Kier alpha value is -3.57. The summed E-state index contributed by atoms with van der Waals surface area (Å²) < 4.78 is 69.0. The molecule has 0 saturated carbocycles. The molecule has 3 rings (SSSR count). The number of likely N-dealkylation sites (N-methyl/N-ethyl adjacent to an activating group) is 1. The molecule has 0 spiro atoms. The molecule has 1 N–H and O–H groups in total. The Morgan fingerprint density at radius 2 is 1.62 bits per heavy atom. The van der Waals surface area contributed by atoms with Crippen LogP contribution in [0.2, 0.25) is 5.02 Å². The second kappa shape index (κ2) is 12.7. The minimum Gasteiger partial charge on any atom is -0.355 e. The van der Waals surface area contributed by atoms with E-state index in [0.29, 0.717) is 22.5 Å². The van der Waals surface area contributed by atoms with E-state index in [-0.39, 0.29) is 11.4 Å². The van der Waals surface area contributed by atoms with Crippen molar-refractivity contribution in [3.05, 3.63) is 94.5 Å². The minimum atomic E-state index is -4.87. The smallest absolute Gasteiger partial charge is 0.355 e. The Morgan fingerprint density at radius 1 is 1.00 bits per heavy atom. The highest BCUT2D eigenvalue weighted by atomic mass is 35.5. The van der Waals surface area contributed by atoms with E-state index in [1.807, 2.05) is 19.1 Å². The molecule has 12 heteroatoms. The Kier molecular flexibility index (Phi) is 9.86. The molecule has 0 bridgehead atoms. The van der Waals surface area contributed by atoms with E-state index in [2.05, 4.69) is 5.32 Å². The number of carbonyl (C=O) groups is 2. The average molecular weight is 596 g/mol. The van der Waals surface area contributed by atoms with Crippen LogP contribution in [0.4, 0.5) is 18.9 Å². The van der Waals surface area contributed by atoms with Gasteiger partial charge in [0, 0.05) is 13.1 Å². The van der Waals surface area contributed by atoms with E-state index in [1.165, 1.54) is 36.1 Å². The number of benzene rings is 3. The van der Waals surface area contributed by atoms with Gasteiger partial charge in [-0.25, -0.2) is 8.42 Å². The maximum atomic E-state index is 13.8. The van der Waals surface area contributed by atoms with Gasteiger partial charge in [0.05, 0.1) is 21.2 Å². The van der Waals surface area contributed by atoms with Crippen LogP contribution in [0.1, 0.15) is 30.5 Å². The first-order chi connectivity index (χ1) is 18.8. The van der Waals surface area contributed by atoms with Crippen molar-refractivity contribution < 1.29 is 31.2 Å². The average Bonchev–Trinajstić information content (AvgIpc) is 2.91. The predicted molar refractivity (Wildman–Crippen MR) is 147 cm³/mol. The van der Waals surface area contributed by atoms with Crippen LogP contribution in [0, 0.1) is 6.92 Å². The van der Waals surface area contributed by atoms with Crippen molar-refractivity contribution in [2.45, 2.75) is 44.4 Å². The highest BCUT2D eigenvalue weighted by molar-refractivity contribution is 7.92. The number of halogens is 4. The van der Waals surface area contributed by atoms with Crippen molar-refractivity contribution >= 4 is 39.1 Å². The highest BCUT2D eigenvalue weighted by Crippen LogP contribution is 2.38. The first-order valence-corrected chi connectivity index (χ1v) is 14.1. The van der Waals surface area contributed by atoms with E-state index in [4.69, 9.17) is 11.6 Å². The van der Waals surface area contributed by atoms with Gasteiger partial charge in [-0.1, -0.05) is 59.6 Å². The Balaban J connectivity index is 2.10. The van der Waals surface area contributed by atoms with Crippen molar-refractivity contribution in [1.82, 2.24) is 10.2 Å². The maximum Gasteiger partial charge on any atom is 0.417 e. The van der Waals surface area contributed by atoms with Gasteiger partial charge in [0.2, 0.25) is 11.8 Å². The summed E-state index contributed by atoms with van der Waals surface area (Å²) >= 11 is 5.77. The van der Waals surface area contributed by atoms with Crippen LogP contribution in [0.15, 0.2) is 77.7 Å². The lowest BCUT2D eigenvalue weighted by molar-refractivity contribution is -0.139. The molecule has 2 amide bonds. The standard InChI is InChI=1S/C28H29ClF3N3O4S/c1-4-33-27(37)20(3)34(17-21-12-10-19(2)11-13-21)26(36)18-35(40(38,39)23-8-6-5-7-9-23)22-14-15-25(29)24(16-22)28(30,31)32/h5-16,20H,4,17-18H2,1-3H3,(H,33,37)/t20-/m0/s1. The molecule has 0 heterocycles. The SMILES string of the molecule is CCNC(=O)[C@H](C)N(Cc1ccc(C)cc1)C(=O)CN(c1ccc(Cl)c(C(F)(F)F)c1)S(=O)(=O)c1ccccc1. The molecule has 0 aliphatic rings. The van der Waals surface area contributed by atoms with E-state index in [0.717, 1.165) is 17.7 Å². The zero-order chi connectivity index (χ0) is 29.7. The van der Waals surface area contributed by atoms with Gasteiger partial charge in [0.15, 0.2) is 0 Å². The number of aryl methyl sites for hydroxylation is 1. The van der Waals surface area contributed by atoms with Crippen LogP contribution in [0.3, 0.4) is 0 Å². The molecule has 3 aromatic carbocycles. The summed E-state index contributed by atoms with van der Waals surface area (Å²) in [7, 11) is -4.52. The first-order valence-electron chi connectivity index (χ1n) is 12.3. The van der Waals surface area contributed by atoms with Gasteiger partial charge in [-0.2, -0.15) is 13.2 Å². The monoisotopic (exact) mass is 595 g/mol. The number of anilines is 1. The molecular weight excluding hydrogens is 567 g/mol. The summed E-state index contributed by atoms with van der Waals surface area (Å²) in [5.74, 6) is -1.26. The van der Waals surface area contributed by atoms with E-state index in [1.54, 1.807) is 25.1 Å².